The summed E-state index contributed by atoms with van der Waals surface area (Å²) in [6.45, 7) is 2.33. The van der Waals surface area contributed by atoms with E-state index in [0.29, 0.717) is 5.92 Å². The normalized spacial score (nSPS) is 23.1. The molecule has 1 aliphatic heterocycles. The number of hydrogen-bond donors (Lipinski definition) is 1. The molecule has 1 aromatic rings. The Balaban J connectivity index is 2.08. The largest absolute Gasteiger partial charge is 0.316 e. The first-order chi connectivity index (χ1) is 6.86. The molecule has 0 aromatic heterocycles. The van der Waals surface area contributed by atoms with Crippen molar-refractivity contribution in [3.8, 4) is 0 Å². The fourth-order valence-corrected chi connectivity index (χ4v) is 2.30. The highest BCUT2D eigenvalue weighted by Crippen LogP contribution is 2.24. The fraction of sp³-hybridized carbons (Fsp3) is 0.500. The van der Waals surface area contributed by atoms with Gasteiger partial charge >= 0.3 is 0 Å². The highest BCUT2D eigenvalue weighted by Gasteiger charge is 2.13. The van der Waals surface area contributed by atoms with Crippen LogP contribution in [-0.2, 0) is 0 Å². The minimum atomic E-state index is 0.714. The molecule has 0 saturated carbocycles. The van der Waals surface area contributed by atoms with Gasteiger partial charge in [0.2, 0.25) is 0 Å². The molecule has 2 rings (SSSR count). The Morgan fingerprint density at radius 1 is 1.14 bits per heavy atom. The molecular formula is C12H16BrN. The Morgan fingerprint density at radius 2 is 1.93 bits per heavy atom. The molecular weight excluding hydrogens is 238 g/mol. The molecule has 1 atom stereocenters. The van der Waals surface area contributed by atoms with Gasteiger partial charge in [-0.3, -0.25) is 0 Å². The third-order valence-corrected chi connectivity index (χ3v) is 3.42. The maximum Gasteiger partial charge on any atom is 0.0175 e. The molecule has 0 spiro atoms. The third-order valence-electron chi connectivity index (χ3n) is 2.89. The monoisotopic (exact) mass is 253 g/mol. The molecule has 1 fully saturated rings. The summed E-state index contributed by atoms with van der Waals surface area (Å²) in [5.41, 5.74) is 1.47. The molecule has 1 aliphatic rings. The van der Waals surface area contributed by atoms with Gasteiger partial charge in [0.1, 0.15) is 0 Å². The van der Waals surface area contributed by atoms with Gasteiger partial charge in [-0.1, -0.05) is 34.5 Å². The lowest BCUT2D eigenvalue weighted by Crippen LogP contribution is -2.19. The number of halogens is 1. The highest BCUT2D eigenvalue weighted by atomic mass is 79.9. The van der Waals surface area contributed by atoms with Crippen LogP contribution in [-0.4, -0.2) is 13.1 Å². The van der Waals surface area contributed by atoms with E-state index in [0.717, 1.165) is 6.54 Å². The van der Waals surface area contributed by atoms with Gasteiger partial charge in [-0.2, -0.15) is 0 Å². The van der Waals surface area contributed by atoms with Gasteiger partial charge in [0.25, 0.3) is 0 Å². The Kier molecular flexibility index (Phi) is 3.60. The second-order valence-electron chi connectivity index (χ2n) is 3.95. The quantitative estimate of drug-likeness (QED) is 0.810. The van der Waals surface area contributed by atoms with Crippen molar-refractivity contribution in [2.45, 2.75) is 25.2 Å². The van der Waals surface area contributed by atoms with Crippen molar-refractivity contribution in [1.82, 2.24) is 5.32 Å². The summed E-state index contributed by atoms with van der Waals surface area (Å²) in [7, 11) is 0. The van der Waals surface area contributed by atoms with E-state index in [1.54, 1.807) is 0 Å². The third kappa shape index (κ3) is 2.58. The summed E-state index contributed by atoms with van der Waals surface area (Å²) in [6, 6.07) is 8.75. The maximum absolute atomic E-state index is 3.50. The molecule has 14 heavy (non-hydrogen) atoms. The van der Waals surface area contributed by atoms with Crippen LogP contribution < -0.4 is 5.32 Å². The van der Waals surface area contributed by atoms with Crippen molar-refractivity contribution in [2.75, 3.05) is 13.1 Å². The van der Waals surface area contributed by atoms with Crippen molar-refractivity contribution in [2.24, 2.45) is 0 Å². The van der Waals surface area contributed by atoms with Gasteiger partial charge in [0.05, 0.1) is 0 Å². The Hall–Kier alpha value is -0.340. The zero-order valence-corrected chi connectivity index (χ0v) is 9.89. The molecule has 0 unspecified atom stereocenters. The first kappa shape index (κ1) is 10.2. The number of nitrogens with one attached hydrogen (secondary N) is 1. The van der Waals surface area contributed by atoms with Crippen molar-refractivity contribution in [1.29, 1.82) is 0 Å². The molecule has 0 radical (unpaired) electrons. The maximum atomic E-state index is 3.50. The summed E-state index contributed by atoms with van der Waals surface area (Å²) >= 11 is 3.47. The van der Waals surface area contributed by atoms with Gasteiger partial charge in [-0.25, -0.2) is 0 Å². The molecule has 1 nitrogen and oxygen atoms in total. The van der Waals surface area contributed by atoms with Crippen LogP contribution in [0.2, 0.25) is 0 Å². The van der Waals surface area contributed by atoms with E-state index < -0.39 is 0 Å². The minimum Gasteiger partial charge on any atom is -0.316 e. The lowest BCUT2D eigenvalue weighted by molar-refractivity contribution is 0.610. The molecule has 1 N–H and O–H groups in total. The van der Waals surface area contributed by atoms with E-state index in [9.17, 15) is 0 Å². The molecule has 0 amide bonds. The molecule has 76 valence electrons. The van der Waals surface area contributed by atoms with Gasteiger partial charge in [0, 0.05) is 11.0 Å². The summed E-state index contributed by atoms with van der Waals surface area (Å²) in [5.74, 6) is 0.714. The zero-order valence-electron chi connectivity index (χ0n) is 8.30. The topological polar surface area (TPSA) is 12.0 Å². The summed E-state index contributed by atoms with van der Waals surface area (Å²) in [5, 5.41) is 3.50. The first-order valence-electron chi connectivity index (χ1n) is 5.32. The van der Waals surface area contributed by atoms with Crippen LogP contribution in [0.5, 0.6) is 0 Å². The van der Waals surface area contributed by atoms with Crippen molar-refractivity contribution in [3.05, 3.63) is 34.3 Å². The predicted molar refractivity (Wildman–Crippen MR) is 63.6 cm³/mol. The van der Waals surface area contributed by atoms with Crippen LogP contribution >= 0.6 is 15.9 Å². The van der Waals surface area contributed by atoms with Crippen LogP contribution in [0.4, 0.5) is 0 Å². The summed E-state index contributed by atoms with van der Waals surface area (Å²) < 4.78 is 1.17. The van der Waals surface area contributed by atoms with E-state index in [4.69, 9.17) is 0 Å². The van der Waals surface area contributed by atoms with E-state index in [1.165, 1.54) is 35.8 Å². The SMILES string of the molecule is Brc1ccc([C@@H]2CCCCNC2)cc1. The van der Waals surface area contributed by atoms with Gasteiger partial charge in [-0.15, -0.1) is 0 Å². The Bertz CT molecular complexity index is 273. The molecule has 1 aromatic carbocycles. The molecule has 1 saturated heterocycles. The zero-order chi connectivity index (χ0) is 9.80. The second-order valence-corrected chi connectivity index (χ2v) is 4.86. The molecule has 1 heterocycles. The van der Waals surface area contributed by atoms with E-state index in [-0.39, 0.29) is 0 Å². The average molecular weight is 254 g/mol. The average Bonchev–Trinajstić information content (AvgIpc) is 2.47. The van der Waals surface area contributed by atoms with Crippen LogP contribution in [0.3, 0.4) is 0 Å². The summed E-state index contributed by atoms with van der Waals surface area (Å²) in [4.78, 5) is 0. The van der Waals surface area contributed by atoms with Crippen LogP contribution in [0.25, 0.3) is 0 Å². The van der Waals surface area contributed by atoms with Crippen LogP contribution in [0, 0.1) is 0 Å². The lowest BCUT2D eigenvalue weighted by atomic mass is 9.95. The van der Waals surface area contributed by atoms with Crippen LogP contribution in [0.15, 0.2) is 28.7 Å². The minimum absolute atomic E-state index is 0.714. The predicted octanol–water partition coefficient (Wildman–Crippen LogP) is 3.31. The Morgan fingerprint density at radius 3 is 2.71 bits per heavy atom. The first-order valence-corrected chi connectivity index (χ1v) is 6.12. The smallest absolute Gasteiger partial charge is 0.0175 e. The van der Waals surface area contributed by atoms with Crippen molar-refractivity contribution >= 4 is 15.9 Å². The van der Waals surface area contributed by atoms with Gasteiger partial charge in [-0.05, 0) is 43.0 Å². The summed E-state index contributed by atoms with van der Waals surface area (Å²) in [6.07, 6.45) is 4.01. The highest BCUT2D eigenvalue weighted by molar-refractivity contribution is 9.10. The Labute approximate surface area is 94.0 Å². The number of benzene rings is 1. The lowest BCUT2D eigenvalue weighted by Gasteiger charge is -2.14. The number of rotatable bonds is 1. The molecule has 0 bridgehead atoms. The van der Waals surface area contributed by atoms with Gasteiger partial charge in [0.15, 0.2) is 0 Å². The van der Waals surface area contributed by atoms with Crippen molar-refractivity contribution in [3.63, 3.8) is 0 Å². The van der Waals surface area contributed by atoms with E-state index in [1.807, 2.05) is 0 Å². The second kappa shape index (κ2) is 4.94. The fourth-order valence-electron chi connectivity index (χ4n) is 2.04. The van der Waals surface area contributed by atoms with E-state index >= 15 is 0 Å². The van der Waals surface area contributed by atoms with Crippen LogP contribution in [0.1, 0.15) is 30.7 Å². The number of hydrogen-bond acceptors (Lipinski definition) is 1. The van der Waals surface area contributed by atoms with Gasteiger partial charge < -0.3 is 5.32 Å². The molecule has 0 aliphatic carbocycles. The van der Waals surface area contributed by atoms with E-state index in [2.05, 4.69) is 45.5 Å². The van der Waals surface area contributed by atoms with Crippen molar-refractivity contribution < 1.29 is 0 Å². The standard InChI is InChI=1S/C12H16BrN/c13-12-6-4-10(5-7-12)11-3-1-2-8-14-9-11/h4-7,11,14H,1-3,8-9H2/t11-/m1/s1. The molecule has 2 heteroatoms.